The number of hydrogen-bond acceptors (Lipinski definition) is 0. The van der Waals surface area contributed by atoms with E-state index in [-0.39, 0.29) is 0 Å². The van der Waals surface area contributed by atoms with Crippen molar-refractivity contribution in [1.29, 1.82) is 0 Å². The summed E-state index contributed by atoms with van der Waals surface area (Å²) in [5.74, 6) is 0. The van der Waals surface area contributed by atoms with Crippen LogP contribution in [0.5, 0.6) is 0 Å². The maximum absolute atomic E-state index is 3.29. The van der Waals surface area contributed by atoms with Gasteiger partial charge >= 0.3 is 38.1 Å². The Morgan fingerprint density at radius 2 is 2.00 bits per heavy atom. The molecule has 0 rings (SSSR count). The zero-order chi connectivity index (χ0) is 3.41. The Morgan fingerprint density at radius 3 is 2.00 bits per heavy atom. The quantitative estimate of drug-likeness (QED) is 0.442. The van der Waals surface area contributed by atoms with Crippen molar-refractivity contribution in [2.45, 2.75) is 11.3 Å². The minimum atomic E-state index is 1.12. The summed E-state index contributed by atoms with van der Waals surface area (Å²) in [6.07, 6.45) is 0. The number of hydrogen-bond donors (Lipinski definition) is 0. The van der Waals surface area contributed by atoms with Gasteiger partial charge in [-0.3, -0.25) is 0 Å². The molecule has 0 heterocycles. The molecule has 0 atom stereocenters. The molecule has 0 aliphatic carbocycles. The number of rotatable bonds is 1. The van der Waals surface area contributed by atoms with E-state index in [0.717, 1.165) is 6.04 Å². The van der Waals surface area contributed by atoms with Crippen molar-refractivity contribution < 1.29 is 0 Å². The van der Waals surface area contributed by atoms with Crippen LogP contribution in [0, 0.1) is 0 Å². The van der Waals surface area contributed by atoms with Crippen molar-refractivity contribution in [2.75, 3.05) is 0 Å². The van der Waals surface area contributed by atoms with Crippen LogP contribution in [-0.2, 0) is 0 Å². The van der Waals surface area contributed by atoms with E-state index >= 15 is 0 Å². The first kappa shape index (κ1) is 4.76. The first-order valence-electron chi connectivity index (χ1n) is 1.21. The van der Waals surface area contributed by atoms with Crippen LogP contribution in [0.25, 0.3) is 0 Å². The van der Waals surface area contributed by atoms with Crippen molar-refractivity contribution in [2.24, 2.45) is 0 Å². The maximum atomic E-state index is 3.29. The molecule has 0 unspecified atom stereocenters. The van der Waals surface area contributed by atoms with Gasteiger partial charge < -0.3 is 0 Å². The molecule has 0 amide bonds. The van der Waals surface area contributed by atoms with Crippen LogP contribution in [0.1, 0.15) is 0 Å². The molecular formula is C2H4GeSi. The minimum absolute atomic E-state index is 1.12. The summed E-state index contributed by atoms with van der Waals surface area (Å²) >= 11 is 2.13. The third-order valence-electron chi connectivity index (χ3n) is 0.125. The van der Waals surface area contributed by atoms with E-state index in [0.29, 0.717) is 0 Å². The molecule has 0 bridgehead atoms. The van der Waals surface area contributed by atoms with E-state index in [1.54, 1.807) is 0 Å². The van der Waals surface area contributed by atoms with Gasteiger partial charge in [-0.15, -0.1) is 0 Å². The van der Waals surface area contributed by atoms with E-state index < -0.39 is 0 Å². The predicted octanol–water partition coefficient (Wildman–Crippen LogP) is 0.160. The summed E-state index contributed by atoms with van der Waals surface area (Å²) < 4.78 is 0. The molecule has 0 nitrogen and oxygen atoms in total. The van der Waals surface area contributed by atoms with Crippen molar-refractivity contribution in [3.8, 4) is 0 Å². The third-order valence-corrected chi connectivity index (χ3v) is 1.95. The zero-order valence-corrected chi connectivity index (χ0v) is 5.51. The Hall–Kier alpha value is 0.760. The molecule has 0 aromatic carbocycles. The van der Waals surface area contributed by atoms with Crippen LogP contribution in [0.4, 0.5) is 0 Å². The van der Waals surface area contributed by atoms with Gasteiger partial charge in [0.15, 0.2) is 0 Å². The summed E-state index contributed by atoms with van der Waals surface area (Å²) in [6, 6.07) is 1.12. The summed E-state index contributed by atoms with van der Waals surface area (Å²) in [4.78, 5) is 0. The van der Waals surface area contributed by atoms with Gasteiger partial charge in [0.1, 0.15) is 0 Å². The zero-order valence-electron chi connectivity index (χ0n) is 2.41. The van der Waals surface area contributed by atoms with Crippen molar-refractivity contribution in [3.05, 3.63) is 0 Å². The molecule has 0 spiro atoms. The first-order valence-corrected chi connectivity index (χ1v) is 3.40. The molecule has 0 saturated carbocycles. The van der Waals surface area contributed by atoms with Gasteiger partial charge in [0.2, 0.25) is 0 Å². The topological polar surface area (TPSA) is 0 Å². The van der Waals surface area contributed by atoms with Crippen molar-refractivity contribution in [1.82, 2.24) is 0 Å². The first-order chi connectivity index (χ1) is 1.91. The second-order valence-corrected chi connectivity index (χ2v) is 2.05. The Balaban J connectivity index is 1.97. The van der Waals surface area contributed by atoms with Gasteiger partial charge in [-0.2, -0.15) is 0 Å². The molecule has 0 aliphatic rings. The average molecular weight is 129 g/mol. The second kappa shape index (κ2) is 3.76. The molecular weight excluding hydrogens is 125 g/mol. The summed E-state index contributed by atoms with van der Waals surface area (Å²) in [7, 11) is 3.29. The van der Waals surface area contributed by atoms with Gasteiger partial charge in [0.05, 0.1) is 0 Å². The normalized spacial score (nSPS) is 7.50. The van der Waals surface area contributed by atoms with Crippen LogP contribution in [0.15, 0.2) is 0 Å². The van der Waals surface area contributed by atoms with Gasteiger partial charge in [-0.1, -0.05) is 0 Å². The van der Waals surface area contributed by atoms with E-state index in [1.807, 2.05) is 0 Å². The predicted molar refractivity (Wildman–Crippen MR) is 21.1 cm³/mol. The molecule has 0 saturated heterocycles. The Bertz CT molecular complexity index is 8.00. The Kier molecular flexibility index (Phi) is 4.47. The fourth-order valence-electron chi connectivity index (χ4n) is 0. The van der Waals surface area contributed by atoms with Gasteiger partial charge in [-0.25, -0.2) is 0 Å². The van der Waals surface area contributed by atoms with Crippen LogP contribution < -0.4 is 0 Å². The van der Waals surface area contributed by atoms with Crippen LogP contribution in [0.2, 0.25) is 11.3 Å². The molecule has 0 aromatic rings. The Labute approximate surface area is 38.6 Å². The van der Waals surface area contributed by atoms with Gasteiger partial charge in [0.25, 0.3) is 0 Å². The third kappa shape index (κ3) is 2.76. The monoisotopic (exact) mass is 130 g/mol. The molecule has 0 aliphatic heterocycles. The average Bonchev–Trinajstić information content (AvgIpc) is 1.37. The van der Waals surface area contributed by atoms with E-state index in [1.165, 1.54) is 5.25 Å². The second-order valence-electron chi connectivity index (χ2n) is 0.500. The van der Waals surface area contributed by atoms with Crippen LogP contribution >= 0.6 is 0 Å². The standard InChI is InChI=1S/C2H4GeSi/c3-1-2-4/h1-2H2. The van der Waals surface area contributed by atoms with Crippen molar-refractivity contribution in [3.63, 3.8) is 0 Å². The summed E-state index contributed by atoms with van der Waals surface area (Å²) in [5.41, 5.74) is 0. The van der Waals surface area contributed by atoms with E-state index in [4.69, 9.17) is 0 Å². The molecule has 0 N–H and O–H groups in total. The van der Waals surface area contributed by atoms with E-state index in [2.05, 4.69) is 26.8 Å². The molecule has 20 valence electrons. The molecule has 0 aromatic heterocycles. The fraction of sp³-hybridized carbons (Fsp3) is 1.00. The summed E-state index contributed by atoms with van der Waals surface area (Å²) in [5, 5.41) is 1.23. The molecule has 2 heteroatoms. The Morgan fingerprint density at radius 1 is 1.75 bits per heavy atom. The molecule has 4 heavy (non-hydrogen) atoms. The van der Waals surface area contributed by atoms with Gasteiger partial charge in [-0.05, 0) is 0 Å². The fourth-order valence-corrected chi connectivity index (χ4v) is 0. The van der Waals surface area contributed by atoms with Gasteiger partial charge in [0, 0.05) is 0 Å². The van der Waals surface area contributed by atoms with Crippen LogP contribution in [-0.4, -0.2) is 26.8 Å². The molecule has 0 fully saturated rings. The SMILES string of the molecule is [Si]C[CH2][Ge]. The summed E-state index contributed by atoms with van der Waals surface area (Å²) in [6.45, 7) is 0. The molecule has 6 radical (unpaired) electrons. The van der Waals surface area contributed by atoms with Crippen molar-refractivity contribution >= 4 is 26.8 Å². The van der Waals surface area contributed by atoms with Crippen LogP contribution in [0.3, 0.4) is 0 Å². The van der Waals surface area contributed by atoms with E-state index in [9.17, 15) is 0 Å².